The molecule has 0 bridgehead atoms. The molecule has 0 spiro atoms. The highest BCUT2D eigenvalue weighted by Gasteiger charge is 2.16. The van der Waals surface area contributed by atoms with Gasteiger partial charge < -0.3 is 10.8 Å². The van der Waals surface area contributed by atoms with Crippen molar-refractivity contribution in [2.24, 2.45) is 5.73 Å². The van der Waals surface area contributed by atoms with E-state index in [4.69, 9.17) is 5.73 Å². The van der Waals surface area contributed by atoms with Crippen molar-refractivity contribution >= 4 is 5.91 Å². The van der Waals surface area contributed by atoms with E-state index in [2.05, 4.69) is 4.98 Å². The molecule has 0 aromatic carbocycles. The Balaban J connectivity index is 2.84. The van der Waals surface area contributed by atoms with Gasteiger partial charge in [0.1, 0.15) is 5.60 Å². The van der Waals surface area contributed by atoms with Crippen LogP contribution in [0.2, 0.25) is 0 Å². The smallest absolute Gasteiger partial charge is 0.221 e. The topological polar surface area (TPSA) is 76.2 Å². The van der Waals surface area contributed by atoms with Gasteiger partial charge in [0.2, 0.25) is 5.91 Å². The number of nitrogens with two attached hydrogens (primary N) is 1. The van der Waals surface area contributed by atoms with Crippen molar-refractivity contribution in [1.29, 1.82) is 0 Å². The van der Waals surface area contributed by atoms with Crippen molar-refractivity contribution in [3.8, 4) is 0 Å². The van der Waals surface area contributed by atoms with Crippen LogP contribution in [-0.4, -0.2) is 16.0 Å². The number of hydrogen-bond donors (Lipinski definition) is 2. The van der Waals surface area contributed by atoms with Gasteiger partial charge in [-0.05, 0) is 25.5 Å². The summed E-state index contributed by atoms with van der Waals surface area (Å²) in [6, 6.07) is 3.43. The molecule has 1 heterocycles. The first-order valence-electron chi connectivity index (χ1n) is 4.35. The first-order chi connectivity index (χ1) is 6.39. The summed E-state index contributed by atoms with van der Waals surface area (Å²) < 4.78 is 0. The van der Waals surface area contributed by atoms with Gasteiger partial charge >= 0.3 is 0 Å². The van der Waals surface area contributed by atoms with Crippen LogP contribution in [0.1, 0.15) is 25.1 Å². The average molecular weight is 194 g/mol. The molecule has 0 unspecified atom stereocenters. The van der Waals surface area contributed by atoms with E-state index in [1.807, 2.05) is 0 Å². The van der Waals surface area contributed by atoms with Crippen molar-refractivity contribution in [2.45, 2.75) is 25.9 Å². The lowest BCUT2D eigenvalue weighted by Gasteiger charge is -2.16. The Kier molecular flexibility index (Phi) is 2.86. The van der Waals surface area contributed by atoms with Crippen LogP contribution < -0.4 is 5.73 Å². The highest BCUT2D eigenvalue weighted by Crippen LogP contribution is 2.16. The molecule has 0 aliphatic heterocycles. The molecule has 0 aliphatic carbocycles. The van der Waals surface area contributed by atoms with Crippen molar-refractivity contribution < 1.29 is 9.90 Å². The molecule has 4 heteroatoms. The van der Waals surface area contributed by atoms with Crippen molar-refractivity contribution in [3.63, 3.8) is 0 Å². The Morgan fingerprint density at radius 1 is 1.57 bits per heavy atom. The van der Waals surface area contributed by atoms with E-state index in [0.717, 1.165) is 5.56 Å². The van der Waals surface area contributed by atoms with Crippen molar-refractivity contribution in [1.82, 2.24) is 4.98 Å². The second-order valence-electron chi connectivity index (χ2n) is 3.75. The summed E-state index contributed by atoms with van der Waals surface area (Å²) in [4.78, 5) is 14.6. The SMILES string of the molecule is CC(C)(O)c1ccc(CC(N)=O)cn1. The van der Waals surface area contributed by atoms with Gasteiger partial charge in [0.25, 0.3) is 0 Å². The number of rotatable bonds is 3. The second kappa shape index (κ2) is 3.75. The number of amides is 1. The van der Waals surface area contributed by atoms with Crippen LogP contribution in [0, 0.1) is 0 Å². The fourth-order valence-electron chi connectivity index (χ4n) is 1.09. The van der Waals surface area contributed by atoms with E-state index in [1.165, 1.54) is 0 Å². The Bertz CT molecular complexity index is 325. The Labute approximate surface area is 82.8 Å². The summed E-state index contributed by atoms with van der Waals surface area (Å²) in [5, 5.41) is 9.61. The number of primary amides is 1. The largest absolute Gasteiger partial charge is 0.384 e. The molecule has 0 atom stereocenters. The van der Waals surface area contributed by atoms with E-state index in [-0.39, 0.29) is 12.3 Å². The molecule has 1 amide bonds. The molecular weight excluding hydrogens is 180 g/mol. The third kappa shape index (κ3) is 2.81. The van der Waals surface area contributed by atoms with Crippen LogP contribution >= 0.6 is 0 Å². The molecule has 14 heavy (non-hydrogen) atoms. The molecule has 76 valence electrons. The molecule has 0 saturated heterocycles. The van der Waals surface area contributed by atoms with E-state index >= 15 is 0 Å². The highest BCUT2D eigenvalue weighted by molar-refractivity contribution is 5.76. The number of hydrogen-bond acceptors (Lipinski definition) is 3. The molecule has 3 N–H and O–H groups in total. The number of pyridine rings is 1. The number of nitrogens with zero attached hydrogens (tertiary/aromatic N) is 1. The Morgan fingerprint density at radius 3 is 2.57 bits per heavy atom. The monoisotopic (exact) mass is 194 g/mol. The maximum absolute atomic E-state index is 10.6. The normalized spacial score (nSPS) is 11.4. The minimum atomic E-state index is -0.953. The standard InChI is InChI=1S/C10H14N2O2/c1-10(2,14)8-4-3-7(6-12-8)5-9(11)13/h3-4,6,14H,5H2,1-2H3,(H2,11,13). The molecule has 0 aliphatic rings. The first kappa shape index (κ1) is 10.7. The predicted molar refractivity (Wildman–Crippen MR) is 52.4 cm³/mol. The molecule has 1 rings (SSSR count). The molecule has 4 nitrogen and oxygen atoms in total. The summed E-state index contributed by atoms with van der Waals surface area (Å²) >= 11 is 0. The third-order valence-electron chi connectivity index (χ3n) is 1.83. The molecule has 1 aromatic rings. The summed E-state index contributed by atoms with van der Waals surface area (Å²) in [5.74, 6) is -0.386. The van der Waals surface area contributed by atoms with Crippen LogP contribution in [0.15, 0.2) is 18.3 Å². The number of aliphatic hydroxyl groups is 1. The maximum Gasteiger partial charge on any atom is 0.221 e. The summed E-state index contributed by atoms with van der Waals surface area (Å²) in [5.41, 5.74) is 5.41. The van der Waals surface area contributed by atoms with Crippen LogP contribution in [0.25, 0.3) is 0 Å². The summed E-state index contributed by atoms with van der Waals surface area (Å²) in [7, 11) is 0. The third-order valence-corrected chi connectivity index (χ3v) is 1.83. The fourth-order valence-corrected chi connectivity index (χ4v) is 1.09. The zero-order valence-corrected chi connectivity index (χ0v) is 8.32. The van der Waals surface area contributed by atoms with Gasteiger partial charge in [-0.25, -0.2) is 0 Å². The van der Waals surface area contributed by atoms with Crippen LogP contribution in [0.5, 0.6) is 0 Å². The molecule has 0 fully saturated rings. The van der Waals surface area contributed by atoms with Gasteiger partial charge in [0.15, 0.2) is 0 Å². The quantitative estimate of drug-likeness (QED) is 0.728. The number of carbonyl (C=O) groups is 1. The van der Waals surface area contributed by atoms with Gasteiger partial charge in [-0.3, -0.25) is 9.78 Å². The van der Waals surface area contributed by atoms with Crippen molar-refractivity contribution in [2.75, 3.05) is 0 Å². The highest BCUT2D eigenvalue weighted by atomic mass is 16.3. The summed E-state index contributed by atoms with van der Waals surface area (Å²) in [6.45, 7) is 3.31. The molecule has 0 saturated carbocycles. The lowest BCUT2D eigenvalue weighted by atomic mass is 10.0. The maximum atomic E-state index is 10.6. The van der Waals surface area contributed by atoms with Gasteiger partial charge in [0, 0.05) is 6.20 Å². The number of carbonyl (C=O) groups excluding carboxylic acids is 1. The minimum Gasteiger partial charge on any atom is -0.384 e. The van der Waals surface area contributed by atoms with Gasteiger partial charge in [-0.2, -0.15) is 0 Å². The van der Waals surface area contributed by atoms with E-state index in [0.29, 0.717) is 5.69 Å². The molecular formula is C10H14N2O2. The lowest BCUT2D eigenvalue weighted by molar-refractivity contribution is -0.117. The predicted octanol–water partition coefficient (Wildman–Crippen LogP) is 0.337. The molecule has 0 radical (unpaired) electrons. The molecule has 1 aromatic heterocycles. The van der Waals surface area contributed by atoms with E-state index < -0.39 is 5.60 Å². The van der Waals surface area contributed by atoms with Gasteiger partial charge in [-0.15, -0.1) is 0 Å². The number of aromatic nitrogens is 1. The summed E-state index contributed by atoms with van der Waals surface area (Å²) in [6.07, 6.45) is 1.73. The van der Waals surface area contributed by atoms with Gasteiger partial charge in [0.05, 0.1) is 12.1 Å². The van der Waals surface area contributed by atoms with Crippen LogP contribution in [0.3, 0.4) is 0 Å². The van der Waals surface area contributed by atoms with Crippen LogP contribution in [-0.2, 0) is 16.8 Å². The van der Waals surface area contributed by atoms with Gasteiger partial charge in [-0.1, -0.05) is 6.07 Å². The first-order valence-corrected chi connectivity index (χ1v) is 4.35. The zero-order chi connectivity index (χ0) is 10.8. The second-order valence-corrected chi connectivity index (χ2v) is 3.75. The van der Waals surface area contributed by atoms with E-state index in [1.54, 1.807) is 32.2 Å². The van der Waals surface area contributed by atoms with E-state index in [9.17, 15) is 9.90 Å². The zero-order valence-electron chi connectivity index (χ0n) is 8.32. The minimum absolute atomic E-state index is 0.180. The van der Waals surface area contributed by atoms with Crippen LogP contribution in [0.4, 0.5) is 0 Å². The Hall–Kier alpha value is -1.42. The fraction of sp³-hybridized carbons (Fsp3) is 0.400. The Morgan fingerprint density at radius 2 is 2.21 bits per heavy atom. The van der Waals surface area contributed by atoms with Crippen molar-refractivity contribution in [3.05, 3.63) is 29.6 Å². The lowest BCUT2D eigenvalue weighted by Crippen LogP contribution is -2.18. The average Bonchev–Trinajstić information content (AvgIpc) is 2.02.